The summed E-state index contributed by atoms with van der Waals surface area (Å²) in [5, 5.41) is 3.35. The van der Waals surface area contributed by atoms with Crippen molar-refractivity contribution in [3.05, 3.63) is 0 Å². The molecule has 1 rings (SSSR count). The molecule has 1 N–H and O–H groups in total. The summed E-state index contributed by atoms with van der Waals surface area (Å²) in [5.41, 5.74) is 0. The molecule has 0 aromatic rings. The van der Waals surface area contributed by atoms with Gasteiger partial charge in [-0.3, -0.25) is 14.5 Å². The van der Waals surface area contributed by atoms with Gasteiger partial charge in [-0.15, -0.1) is 0 Å². The molecule has 0 saturated carbocycles. The highest BCUT2D eigenvalue weighted by atomic mass is 16.2. The monoisotopic (exact) mass is 240 g/mol. The average molecular weight is 240 g/mol. The summed E-state index contributed by atoms with van der Waals surface area (Å²) in [6.07, 6.45) is 4.81. The summed E-state index contributed by atoms with van der Waals surface area (Å²) in [6.45, 7) is 5.59. The SMILES string of the molecule is CCCC(CN1C(=O)CCCCC1=O)NCC. The summed E-state index contributed by atoms with van der Waals surface area (Å²) in [7, 11) is 0. The summed E-state index contributed by atoms with van der Waals surface area (Å²) >= 11 is 0. The smallest absolute Gasteiger partial charge is 0.229 e. The van der Waals surface area contributed by atoms with E-state index in [0.29, 0.717) is 19.4 Å². The fourth-order valence-electron chi connectivity index (χ4n) is 2.28. The molecular weight excluding hydrogens is 216 g/mol. The van der Waals surface area contributed by atoms with Crippen LogP contribution >= 0.6 is 0 Å². The molecule has 0 aromatic heterocycles. The van der Waals surface area contributed by atoms with Crippen molar-refractivity contribution in [1.29, 1.82) is 0 Å². The average Bonchev–Trinajstić information content (AvgIpc) is 2.45. The first-order valence-corrected chi connectivity index (χ1v) is 6.75. The fourth-order valence-corrected chi connectivity index (χ4v) is 2.28. The third-order valence-corrected chi connectivity index (χ3v) is 3.17. The highest BCUT2D eigenvalue weighted by Crippen LogP contribution is 2.13. The molecule has 0 spiro atoms. The van der Waals surface area contributed by atoms with Gasteiger partial charge in [0.2, 0.25) is 11.8 Å². The van der Waals surface area contributed by atoms with Crippen LogP contribution in [0.5, 0.6) is 0 Å². The van der Waals surface area contributed by atoms with Gasteiger partial charge in [0.05, 0.1) is 0 Å². The lowest BCUT2D eigenvalue weighted by Crippen LogP contribution is -2.45. The maximum atomic E-state index is 11.8. The van der Waals surface area contributed by atoms with Gasteiger partial charge in [0.25, 0.3) is 0 Å². The van der Waals surface area contributed by atoms with Crippen LogP contribution in [0.15, 0.2) is 0 Å². The Labute approximate surface area is 104 Å². The number of imide groups is 1. The molecule has 4 nitrogen and oxygen atoms in total. The van der Waals surface area contributed by atoms with E-state index in [0.717, 1.165) is 32.2 Å². The molecule has 1 unspecified atom stereocenters. The van der Waals surface area contributed by atoms with Crippen LogP contribution in [0.1, 0.15) is 52.4 Å². The molecule has 17 heavy (non-hydrogen) atoms. The van der Waals surface area contributed by atoms with Crippen LogP contribution in [0.3, 0.4) is 0 Å². The van der Waals surface area contributed by atoms with E-state index in [2.05, 4.69) is 19.2 Å². The first-order valence-electron chi connectivity index (χ1n) is 6.75. The van der Waals surface area contributed by atoms with Crippen LogP contribution in [-0.2, 0) is 9.59 Å². The van der Waals surface area contributed by atoms with Gasteiger partial charge in [0.1, 0.15) is 0 Å². The maximum Gasteiger partial charge on any atom is 0.229 e. The van der Waals surface area contributed by atoms with Gasteiger partial charge in [-0.2, -0.15) is 0 Å². The van der Waals surface area contributed by atoms with E-state index in [1.165, 1.54) is 4.90 Å². The minimum Gasteiger partial charge on any atom is -0.312 e. The zero-order chi connectivity index (χ0) is 12.7. The lowest BCUT2D eigenvalue weighted by Gasteiger charge is -2.25. The van der Waals surface area contributed by atoms with Gasteiger partial charge in [0, 0.05) is 25.4 Å². The number of amides is 2. The number of carbonyl (C=O) groups is 2. The number of carbonyl (C=O) groups excluding carboxylic acids is 2. The van der Waals surface area contributed by atoms with Crippen molar-refractivity contribution in [3.8, 4) is 0 Å². The molecule has 1 aliphatic heterocycles. The number of rotatable bonds is 6. The van der Waals surface area contributed by atoms with E-state index in [9.17, 15) is 9.59 Å². The molecule has 2 amide bonds. The Balaban J connectivity index is 2.60. The van der Waals surface area contributed by atoms with Crippen molar-refractivity contribution >= 4 is 11.8 Å². The first kappa shape index (κ1) is 14.2. The molecule has 0 aliphatic carbocycles. The van der Waals surface area contributed by atoms with Crippen molar-refractivity contribution in [1.82, 2.24) is 10.2 Å². The Morgan fingerprint density at radius 3 is 2.24 bits per heavy atom. The largest absolute Gasteiger partial charge is 0.312 e. The van der Waals surface area contributed by atoms with Crippen LogP contribution < -0.4 is 5.32 Å². The van der Waals surface area contributed by atoms with Crippen molar-refractivity contribution in [2.24, 2.45) is 0 Å². The number of hydrogen-bond donors (Lipinski definition) is 1. The molecule has 4 heteroatoms. The second-order valence-electron chi connectivity index (χ2n) is 4.65. The maximum absolute atomic E-state index is 11.8. The van der Waals surface area contributed by atoms with Crippen molar-refractivity contribution in [2.75, 3.05) is 13.1 Å². The predicted molar refractivity (Wildman–Crippen MR) is 67.6 cm³/mol. The van der Waals surface area contributed by atoms with Crippen molar-refractivity contribution in [3.63, 3.8) is 0 Å². The Morgan fingerprint density at radius 1 is 1.18 bits per heavy atom. The third kappa shape index (κ3) is 4.46. The fraction of sp³-hybridized carbons (Fsp3) is 0.846. The Bertz CT molecular complexity index is 242. The van der Waals surface area contributed by atoms with E-state index in [4.69, 9.17) is 0 Å². The number of nitrogens with zero attached hydrogens (tertiary/aromatic N) is 1. The van der Waals surface area contributed by atoms with E-state index in [-0.39, 0.29) is 17.9 Å². The third-order valence-electron chi connectivity index (χ3n) is 3.17. The number of hydrogen-bond acceptors (Lipinski definition) is 3. The van der Waals surface area contributed by atoms with Crippen LogP contribution in [0.25, 0.3) is 0 Å². The van der Waals surface area contributed by atoms with Gasteiger partial charge in [-0.05, 0) is 25.8 Å². The number of likely N-dealkylation sites (N-methyl/N-ethyl adjacent to an activating group) is 1. The Hall–Kier alpha value is -0.900. The molecule has 0 bridgehead atoms. The standard InChI is InChI=1S/C13H24N2O2/c1-3-7-11(14-4-2)10-15-12(16)8-5-6-9-13(15)17/h11,14H,3-10H2,1-2H3. The molecule has 98 valence electrons. The first-order chi connectivity index (χ1) is 8.19. The Kier molecular flexibility index (Phi) is 6.19. The van der Waals surface area contributed by atoms with Gasteiger partial charge in [-0.1, -0.05) is 20.3 Å². The van der Waals surface area contributed by atoms with Gasteiger partial charge < -0.3 is 5.32 Å². The van der Waals surface area contributed by atoms with Crippen LogP contribution in [0.4, 0.5) is 0 Å². The second kappa shape index (κ2) is 7.43. The zero-order valence-electron chi connectivity index (χ0n) is 11.0. The Morgan fingerprint density at radius 2 is 1.76 bits per heavy atom. The highest BCUT2D eigenvalue weighted by molar-refractivity contribution is 5.96. The van der Waals surface area contributed by atoms with Crippen LogP contribution in [0, 0.1) is 0 Å². The molecule has 1 aliphatic rings. The molecule has 1 fully saturated rings. The topological polar surface area (TPSA) is 49.4 Å². The molecule has 1 atom stereocenters. The molecule has 1 heterocycles. The van der Waals surface area contributed by atoms with E-state index in [1.54, 1.807) is 0 Å². The summed E-state index contributed by atoms with van der Waals surface area (Å²) in [5.74, 6) is 0.0120. The molecule has 1 saturated heterocycles. The molecule has 0 aromatic carbocycles. The van der Waals surface area contributed by atoms with Gasteiger partial charge >= 0.3 is 0 Å². The number of likely N-dealkylation sites (tertiary alicyclic amines) is 1. The normalized spacial score (nSPS) is 19.3. The zero-order valence-corrected chi connectivity index (χ0v) is 11.0. The summed E-state index contributed by atoms with van der Waals surface area (Å²) in [6, 6.07) is 0.246. The van der Waals surface area contributed by atoms with Gasteiger partial charge in [0.15, 0.2) is 0 Å². The van der Waals surface area contributed by atoms with E-state index in [1.807, 2.05) is 0 Å². The van der Waals surface area contributed by atoms with E-state index < -0.39 is 0 Å². The number of nitrogens with one attached hydrogen (secondary N) is 1. The summed E-state index contributed by atoms with van der Waals surface area (Å²) < 4.78 is 0. The quantitative estimate of drug-likeness (QED) is 0.719. The molecular formula is C13H24N2O2. The lowest BCUT2D eigenvalue weighted by atomic mass is 10.1. The van der Waals surface area contributed by atoms with Crippen molar-refractivity contribution < 1.29 is 9.59 Å². The lowest BCUT2D eigenvalue weighted by molar-refractivity contribution is -0.144. The summed E-state index contributed by atoms with van der Waals surface area (Å²) in [4.78, 5) is 25.2. The minimum atomic E-state index is 0.00602. The predicted octanol–water partition coefficient (Wildman–Crippen LogP) is 1.69. The molecule has 0 radical (unpaired) electrons. The van der Waals surface area contributed by atoms with E-state index >= 15 is 0 Å². The second-order valence-corrected chi connectivity index (χ2v) is 4.65. The van der Waals surface area contributed by atoms with Crippen LogP contribution in [0.2, 0.25) is 0 Å². The van der Waals surface area contributed by atoms with Crippen molar-refractivity contribution in [2.45, 2.75) is 58.4 Å². The van der Waals surface area contributed by atoms with Gasteiger partial charge in [-0.25, -0.2) is 0 Å². The van der Waals surface area contributed by atoms with Crippen LogP contribution in [-0.4, -0.2) is 35.8 Å². The highest BCUT2D eigenvalue weighted by Gasteiger charge is 2.26. The minimum absolute atomic E-state index is 0.00602.